The molecule has 0 N–H and O–H groups in total. The maximum atomic E-state index is 6.02. The first kappa shape index (κ1) is 17.3. The van der Waals surface area contributed by atoms with E-state index in [1.807, 2.05) is 36.4 Å². The van der Waals surface area contributed by atoms with Gasteiger partial charge in [0, 0.05) is 41.9 Å². The highest BCUT2D eigenvalue weighted by molar-refractivity contribution is 9.10. The van der Waals surface area contributed by atoms with Crippen LogP contribution in [0.25, 0.3) is 11.3 Å². The Labute approximate surface area is 167 Å². The third-order valence-electron chi connectivity index (χ3n) is 4.63. The molecule has 1 aliphatic rings. The number of anilines is 1. The monoisotopic (exact) mass is 426 g/mol. The van der Waals surface area contributed by atoms with E-state index in [9.17, 15) is 0 Å². The minimum Gasteiger partial charge on any atom is -0.454 e. The van der Waals surface area contributed by atoms with Crippen molar-refractivity contribution in [1.29, 1.82) is 0 Å². The van der Waals surface area contributed by atoms with Gasteiger partial charge in [-0.15, -0.1) is 0 Å². The lowest BCUT2D eigenvalue weighted by Crippen LogP contribution is -2.48. The zero-order chi connectivity index (χ0) is 17.9. The molecule has 26 heavy (non-hydrogen) atoms. The number of furan rings is 1. The Kier molecular flexibility index (Phi) is 5.09. The second-order valence-electron chi connectivity index (χ2n) is 6.29. The summed E-state index contributed by atoms with van der Waals surface area (Å²) in [7, 11) is 0. The molecule has 0 radical (unpaired) electrons. The number of nitrogens with zero attached hydrogens (tertiary/aromatic N) is 2. The van der Waals surface area contributed by atoms with Gasteiger partial charge in [-0.3, -0.25) is 0 Å². The molecule has 5 heteroatoms. The molecule has 1 aliphatic heterocycles. The molecular weight excluding hydrogens is 408 g/mol. The summed E-state index contributed by atoms with van der Waals surface area (Å²) in [6.45, 7) is 3.74. The highest BCUT2D eigenvalue weighted by Gasteiger charge is 2.21. The Morgan fingerprint density at radius 3 is 2.23 bits per heavy atom. The van der Waals surface area contributed by atoms with Gasteiger partial charge in [-0.05, 0) is 36.4 Å². The minimum absolute atomic E-state index is 0.770. The Morgan fingerprint density at radius 2 is 1.54 bits per heavy atom. The second kappa shape index (κ2) is 7.64. The lowest BCUT2D eigenvalue weighted by molar-refractivity contribution is 0.385. The fraction of sp³-hybridized carbons (Fsp3) is 0.190. The molecule has 1 saturated heterocycles. The Hall–Kier alpha value is -2.11. The first-order valence-corrected chi connectivity index (χ1v) is 9.86. The van der Waals surface area contributed by atoms with Crippen LogP contribution in [0.4, 0.5) is 5.69 Å². The van der Waals surface area contributed by atoms with E-state index in [-0.39, 0.29) is 0 Å². The molecule has 2 aromatic carbocycles. The van der Waals surface area contributed by atoms with Crippen LogP contribution in [0.15, 0.2) is 75.6 Å². The summed E-state index contributed by atoms with van der Waals surface area (Å²) < 4.78 is 7.08. The average molecular weight is 427 g/mol. The van der Waals surface area contributed by atoms with Crippen molar-refractivity contribution in [3.8, 4) is 11.3 Å². The van der Waals surface area contributed by atoms with Crippen molar-refractivity contribution in [2.24, 2.45) is 0 Å². The molecule has 0 atom stereocenters. The first-order chi connectivity index (χ1) is 12.7. The van der Waals surface area contributed by atoms with E-state index >= 15 is 0 Å². The van der Waals surface area contributed by atoms with Crippen molar-refractivity contribution in [3.05, 3.63) is 77.0 Å². The second-order valence-corrected chi connectivity index (χ2v) is 7.59. The largest absolute Gasteiger partial charge is 0.454 e. The lowest BCUT2D eigenvalue weighted by atomic mass is 10.2. The zero-order valence-corrected chi connectivity index (χ0v) is 16.7. The molecule has 0 unspecified atom stereocenters. The van der Waals surface area contributed by atoms with Gasteiger partial charge in [-0.1, -0.05) is 58.5 Å². The summed E-state index contributed by atoms with van der Waals surface area (Å²) in [6, 6.07) is 22.6. The van der Waals surface area contributed by atoms with E-state index in [1.54, 1.807) is 0 Å². The van der Waals surface area contributed by atoms with Crippen molar-refractivity contribution in [2.45, 2.75) is 0 Å². The van der Waals surface area contributed by atoms with E-state index in [0.29, 0.717) is 0 Å². The van der Waals surface area contributed by atoms with E-state index in [1.165, 1.54) is 5.69 Å². The van der Waals surface area contributed by atoms with E-state index in [2.05, 4.69) is 56.1 Å². The lowest BCUT2D eigenvalue weighted by Gasteiger charge is -2.37. The molecule has 0 spiro atoms. The number of para-hydroxylation sites is 1. The normalized spacial score (nSPS) is 14.5. The van der Waals surface area contributed by atoms with Crippen molar-refractivity contribution < 1.29 is 4.42 Å². The van der Waals surface area contributed by atoms with E-state index < -0.39 is 0 Å². The van der Waals surface area contributed by atoms with Crippen LogP contribution in [-0.2, 0) is 0 Å². The highest BCUT2D eigenvalue weighted by atomic mass is 79.9. The summed E-state index contributed by atoms with van der Waals surface area (Å²) in [4.78, 5) is 5.43. The van der Waals surface area contributed by atoms with Gasteiger partial charge in [0.1, 0.15) is 10.7 Å². The number of benzene rings is 2. The number of rotatable bonds is 3. The molecule has 3 nitrogen and oxygen atoms in total. The van der Waals surface area contributed by atoms with Crippen LogP contribution in [-0.4, -0.2) is 36.1 Å². The van der Waals surface area contributed by atoms with Gasteiger partial charge in [0.05, 0.1) is 0 Å². The summed E-state index contributed by atoms with van der Waals surface area (Å²) in [6.07, 6.45) is 0. The number of piperazine rings is 1. The van der Waals surface area contributed by atoms with Gasteiger partial charge in [-0.2, -0.15) is 0 Å². The standard InChI is InChI=1S/C21H19BrN2OS/c22-17-8-6-16(7-9-17)19-10-11-20(25-19)21(26)24-14-12-23(13-15-24)18-4-2-1-3-5-18/h1-11H,12-15H2. The number of hydrogen-bond donors (Lipinski definition) is 0. The van der Waals surface area contributed by atoms with E-state index in [0.717, 1.165) is 52.7 Å². The molecule has 1 aromatic heterocycles. The van der Waals surface area contributed by atoms with Crippen LogP contribution >= 0.6 is 28.1 Å². The molecule has 0 amide bonds. The topological polar surface area (TPSA) is 19.6 Å². The maximum absolute atomic E-state index is 6.02. The fourth-order valence-electron chi connectivity index (χ4n) is 3.18. The Balaban J connectivity index is 1.42. The minimum atomic E-state index is 0.770. The van der Waals surface area contributed by atoms with Gasteiger partial charge >= 0.3 is 0 Å². The SMILES string of the molecule is S=C(c1ccc(-c2ccc(Br)cc2)o1)N1CCN(c2ccccc2)CC1. The first-order valence-electron chi connectivity index (χ1n) is 8.66. The average Bonchev–Trinajstić information content (AvgIpc) is 3.19. The van der Waals surface area contributed by atoms with Crippen LogP contribution in [0.5, 0.6) is 0 Å². The number of hydrogen-bond acceptors (Lipinski definition) is 3. The molecule has 0 saturated carbocycles. The van der Waals surface area contributed by atoms with Crippen molar-refractivity contribution in [1.82, 2.24) is 4.90 Å². The maximum Gasteiger partial charge on any atom is 0.162 e. The van der Waals surface area contributed by atoms with Crippen LogP contribution < -0.4 is 4.90 Å². The van der Waals surface area contributed by atoms with Crippen LogP contribution in [0.1, 0.15) is 5.76 Å². The predicted octanol–water partition coefficient (Wildman–Crippen LogP) is 5.21. The van der Waals surface area contributed by atoms with E-state index in [4.69, 9.17) is 16.6 Å². The molecule has 2 heterocycles. The molecule has 3 aromatic rings. The summed E-state index contributed by atoms with van der Waals surface area (Å²) in [5.74, 6) is 1.61. The van der Waals surface area contributed by atoms with Crippen LogP contribution in [0.3, 0.4) is 0 Å². The Morgan fingerprint density at radius 1 is 0.846 bits per heavy atom. The van der Waals surface area contributed by atoms with Gasteiger partial charge < -0.3 is 14.2 Å². The quantitative estimate of drug-likeness (QED) is 0.535. The number of halogens is 1. The fourth-order valence-corrected chi connectivity index (χ4v) is 3.74. The third-order valence-corrected chi connectivity index (χ3v) is 5.62. The molecule has 0 bridgehead atoms. The van der Waals surface area contributed by atoms with Crippen molar-refractivity contribution in [3.63, 3.8) is 0 Å². The van der Waals surface area contributed by atoms with Gasteiger partial charge in [0.2, 0.25) is 0 Å². The van der Waals surface area contributed by atoms with Gasteiger partial charge in [0.25, 0.3) is 0 Å². The molecule has 132 valence electrons. The molecule has 4 rings (SSSR count). The van der Waals surface area contributed by atoms with Crippen LogP contribution in [0.2, 0.25) is 0 Å². The van der Waals surface area contributed by atoms with Gasteiger partial charge in [0.15, 0.2) is 5.76 Å². The summed E-state index contributed by atoms with van der Waals surface area (Å²) >= 11 is 9.14. The van der Waals surface area contributed by atoms with Crippen molar-refractivity contribution in [2.75, 3.05) is 31.1 Å². The van der Waals surface area contributed by atoms with Crippen LogP contribution in [0, 0.1) is 0 Å². The zero-order valence-electron chi connectivity index (χ0n) is 14.3. The Bertz CT molecular complexity index is 884. The summed E-state index contributed by atoms with van der Waals surface area (Å²) in [5, 5.41) is 0. The smallest absolute Gasteiger partial charge is 0.162 e. The van der Waals surface area contributed by atoms with Gasteiger partial charge in [-0.25, -0.2) is 0 Å². The molecular formula is C21H19BrN2OS. The summed E-state index contributed by atoms with van der Waals surface area (Å²) in [5.41, 5.74) is 2.32. The highest BCUT2D eigenvalue weighted by Crippen LogP contribution is 2.25. The predicted molar refractivity (Wildman–Crippen MR) is 114 cm³/mol. The number of thiocarbonyl (C=S) groups is 1. The van der Waals surface area contributed by atoms with Crippen molar-refractivity contribution >= 4 is 38.8 Å². The third kappa shape index (κ3) is 3.69. The molecule has 1 fully saturated rings. The molecule has 0 aliphatic carbocycles.